The molecule has 0 aliphatic rings. The van der Waals surface area contributed by atoms with Gasteiger partial charge in [0.15, 0.2) is 5.92 Å². The van der Waals surface area contributed by atoms with Gasteiger partial charge in [-0.2, -0.15) is 9.59 Å². The maximum Gasteiger partial charge on any atom is 0.373 e. The molecule has 0 radical (unpaired) electrons. The number of ketones is 2. The van der Waals surface area contributed by atoms with Crippen LogP contribution in [0, 0.1) is 17.3 Å². The van der Waals surface area contributed by atoms with Gasteiger partial charge < -0.3 is 20.6 Å². The molecular formula is C21H33NO10. The molecule has 4 N–H and O–H groups in total. The standard InChI is InChI=1S/C20H33NO8.CO2/c1-19(2,3)16(25)11(9-12(17(26)27)18(28)29)10-14(22)13(7-8-15(23)24)21-20(4,5)6;2-1-3/h11-13,21H,7-10H2,1-6H3,(H,23,24)(H,26,27)(H,28,29);/t11-,13+;/m1./s1. The Bertz CT molecular complexity index is 710. The van der Waals surface area contributed by atoms with Crippen LogP contribution in [0.1, 0.15) is 67.2 Å². The Hall–Kier alpha value is -2.91. The largest absolute Gasteiger partial charge is 0.481 e. The van der Waals surface area contributed by atoms with E-state index in [1.54, 1.807) is 41.5 Å². The van der Waals surface area contributed by atoms with E-state index in [9.17, 15) is 24.0 Å². The number of carbonyl (C=O) groups is 5. The molecule has 0 spiro atoms. The highest BCUT2D eigenvalue weighted by molar-refractivity contribution is 5.96. The van der Waals surface area contributed by atoms with Crippen molar-refractivity contribution in [2.75, 3.05) is 0 Å². The molecule has 0 amide bonds. The zero-order valence-corrected chi connectivity index (χ0v) is 19.3. The van der Waals surface area contributed by atoms with Gasteiger partial charge in [-0.1, -0.05) is 20.8 Å². The molecule has 0 heterocycles. The number of rotatable bonds is 12. The Morgan fingerprint density at radius 2 is 1.31 bits per heavy atom. The molecule has 0 aromatic heterocycles. The fourth-order valence-electron chi connectivity index (χ4n) is 2.98. The second kappa shape index (κ2) is 13.5. The van der Waals surface area contributed by atoms with E-state index in [1.807, 2.05) is 0 Å². The zero-order chi connectivity index (χ0) is 25.9. The lowest BCUT2D eigenvalue weighted by molar-refractivity contribution is -0.192. The first-order valence-corrected chi connectivity index (χ1v) is 9.88. The molecule has 11 nitrogen and oxygen atoms in total. The van der Waals surface area contributed by atoms with Crippen molar-refractivity contribution in [2.24, 2.45) is 17.3 Å². The molecule has 11 heteroatoms. The number of aliphatic carboxylic acids is 3. The van der Waals surface area contributed by atoms with Crippen LogP contribution < -0.4 is 5.32 Å². The Morgan fingerprint density at radius 1 is 0.875 bits per heavy atom. The van der Waals surface area contributed by atoms with Gasteiger partial charge in [0, 0.05) is 29.7 Å². The van der Waals surface area contributed by atoms with Crippen LogP contribution in [-0.2, 0) is 33.6 Å². The van der Waals surface area contributed by atoms with Crippen molar-refractivity contribution in [3.63, 3.8) is 0 Å². The Labute approximate surface area is 186 Å². The fraction of sp³-hybridized carbons (Fsp3) is 0.714. The van der Waals surface area contributed by atoms with Crippen LogP contribution in [0.25, 0.3) is 0 Å². The van der Waals surface area contributed by atoms with E-state index in [4.69, 9.17) is 24.9 Å². The van der Waals surface area contributed by atoms with Crippen LogP contribution in [0.15, 0.2) is 0 Å². The SMILES string of the molecule is CC(C)(C)N[C@@H](CCC(=O)O)C(=O)C[C@@H](CC(C(=O)O)C(=O)O)C(=O)C(C)(C)C.O=C=O. The quantitative estimate of drug-likeness (QED) is 0.308. The highest BCUT2D eigenvalue weighted by Crippen LogP contribution is 2.28. The smallest absolute Gasteiger partial charge is 0.373 e. The fourth-order valence-corrected chi connectivity index (χ4v) is 2.98. The van der Waals surface area contributed by atoms with E-state index < -0.39 is 64.7 Å². The monoisotopic (exact) mass is 459 g/mol. The summed E-state index contributed by atoms with van der Waals surface area (Å²) in [7, 11) is 0. The minimum atomic E-state index is -1.81. The van der Waals surface area contributed by atoms with Gasteiger partial charge in [0.05, 0.1) is 6.04 Å². The van der Waals surface area contributed by atoms with E-state index in [1.165, 1.54) is 0 Å². The molecule has 0 aromatic rings. The first-order valence-electron chi connectivity index (χ1n) is 9.88. The van der Waals surface area contributed by atoms with Crippen molar-refractivity contribution in [3.05, 3.63) is 0 Å². The third kappa shape index (κ3) is 13.4. The molecule has 0 aliphatic heterocycles. The molecule has 0 rings (SSSR count). The van der Waals surface area contributed by atoms with Crippen molar-refractivity contribution >= 4 is 35.6 Å². The summed E-state index contributed by atoms with van der Waals surface area (Å²) >= 11 is 0. The number of Topliss-reactive ketones (excluding diaryl/α,β-unsaturated/α-hetero) is 2. The second-order valence-electron chi connectivity index (χ2n) is 9.41. The Morgan fingerprint density at radius 3 is 1.62 bits per heavy atom. The van der Waals surface area contributed by atoms with Crippen molar-refractivity contribution in [2.45, 2.75) is 78.8 Å². The minimum Gasteiger partial charge on any atom is -0.481 e. The zero-order valence-electron chi connectivity index (χ0n) is 19.3. The molecular weight excluding hydrogens is 426 g/mol. The van der Waals surface area contributed by atoms with Gasteiger partial charge in [0.25, 0.3) is 0 Å². The molecule has 182 valence electrons. The van der Waals surface area contributed by atoms with Crippen molar-refractivity contribution in [1.82, 2.24) is 5.32 Å². The minimum absolute atomic E-state index is 0.00313. The normalized spacial score (nSPS) is 13.2. The van der Waals surface area contributed by atoms with Gasteiger partial charge in [-0.3, -0.25) is 24.0 Å². The third-order valence-corrected chi connectivity index (χ3v) is 4.32. The molecule has 32 heavy (non-hydrogen) atoms. The van der Waals surface area contributed by atoms with Gasteiger partial charge in [-0.15, -0.1) is 0 Å². The number of carboxylic acid groups (broad SMARTS) is 3. The van der Waals surface area contributed by atoms with Crippen LogP contribution in [0.4, 0.5) is 0 Å². The molecule has 0 saturated carbocycles. The second-order valence-corrected chi connectivity index (χ2v) is 9.41. The van der Waals surface area contributed by atoms with Crippen LogP contribution in [0.3, 0.4) is 0 Å². The Kier molecular flexibility index (Phi) is 13.2. The molecule has 0 aromatic carbocycles. The first-order chi connectivity index (χ1) is 14.4. The Balaban J connectivity index is 0. The van der Waals surface area contributed by atoms with Gasteiger partial charge in [0.1, 0.15) is 11.6 Å². The third-order valence-electron chi connectivity index (χ3n) is 4.32. The van der Waals surface area contributed by atoms with Crippen LogP contribution in [0.5, 0.6) is 0 Å². The molecule has 0 aliphatic carbocycles. The van der Waals surface area contributed by atoms with Gasteiger partial charge >= 0.3 is 24.1 Å². The highest BCUT2D eigenvalue weighted by Gasteiger charge is 2.38. The van der Waals surface area contributed by atoms with E-state index in [2.05, 4.69) is 5.32 Å². The van der Waals surface area contributed by atoms with Gasteiger partial charge in [-0.25, -0.2) is 0 Å². The lowest BCUT2D eigenvalue weighted by Gasteiger charge is -2.30. The molecule has 2 atom stereocenters. The highest BCUT2D eigenvalue weighted by atomic mass is 16.4. The summed E-state index contributed by atoms with van der Waals surface area (Å²) in [5.41, 5.74) is -1.41. The van der Waals surface area contributed by atoms with Crippen molar-refractivity contribution in [3.8, 4) is 0 Å². The van der Waals surface area contributed by atoms with Crippen LogP contribution >= 0.6 is 0 Å². The predicted octanol–water partition coefficient (Wildman–Crippen LogP) is 1.39. The van der Waals surface area contributed by atoms with Gasteiger partial charge in [-0.05, 0) is 33.6 Å². The lowest BCUT2D eigenvalue weighted by atomic mass is 9.76. The summed E-state index contributed by atoms with van der Waals surface area (Å²) in [4.78, 5) is 75.4. The molecule has 0 bridgehead atoms. The molecule has 0 saturated heterocycles. The number of carboxylic acids is 3. The molecule has 0 unspecified atom stereocenters. The average molecular weight is 459 g/mol. The summed E-state index contributed by atoms with van der Waals surface area (Å²) in [5.74, 6) is -8.00. The number of hydrogen-bond acceptors (Lipinski definition) is 8. The summed E-state index contributed by atoms with van der Waals surface area (Å²) in [6.45, 7) is 10.2. The summed E-state index contributed by atoms with van der Waals surface area (Å²) in [6, 6.07) is -0.852. The summed E-state index contributed by atoms with van der Waals surface area (Å²) in [5, 5.41) is 30.3. The summed E-state index contributed by atoms with van der Waals surface area (Å²) < 4.78 is 0. The summed E-state index contributed by atoms with van der Waals surface area (Å²) in [6.07, 6.45) is -0.873. The maximum absolute atomic E-state index is 12.9. The lowest BCUT2D eigenvalue weighted by Crippen LogP contribution is -2.49. The van der Waals surface area contributed by atoms with E-state index in [-0.39, 0.29) is 25.4 Å². The van der Waals surface area contributed by atoms with Crippen LogP contribution in [-0.4, -0.2) is 62.5 Å². The number of hydrogen-bond donors (Lipinski definition) is 4. The van der Waals surface area contributed by atoms with E-state index in [0.717, 1.165) is 0 Å². The number of nitrogens with one attached hydrogen (secondary N) is 1. The van der Waals surface area contributed by atoms with E-state index in [0.29, 0.717) is 0 Å². The maximum atomic E-state index is 12.9. The molecule has 0 fully saturated rings. The van der Waals surface area contributed by atoms with Crippen LogP contribution in [0.2, 0.25) is 0 Å². The topological polar surface area (TPSA) is 192 Å². The predicted molar refractivity (Wildman–Crippen MR) is 110 cm³/mol. The number of carbonyl (C=O) groups excluding carboxylic acids is 4. The van der Waals surface area contributed by atoms with Crippen molar-refractivity contribution in [1.29, 1.82) is 0 Å². The van der Waals surface area contributed by atoms with Crippen molar-refractivity contribution < 1.29 is 48.9 Å². The average Bonchev–Trinajstić information content (AvgIpc) is 2.59. The van der Waals surface area contributed by atoms with Gasteiger partial charge in [0.2, 0.25) is 0 Å². The van der Waals surface area contributed by atoms with E-state index >= 15 is 0 Å². The first kappa shape index (κ1) is 31.3.